The molecule has 0 aliphatic heterocycles. The minimum absolute atomic E-state index is 0.165. The van der Waals surface area contributed by atoms with Crippen molar-refractivity contribution in [2.75, 3.05) is 13.2 Å². The average molecular weight is 259 g/mol. The van der Waals surface area contributed by atoms with Gasteiger partial charge in [0.15, 0.2) is 8.32 Å². The summed E-state index contributed by atoms with van der Waals surface area (Å²) in [4.78, 5) is 2.67. The zero-order valence-corrected chi connectivity index (χ0v) is 12.6. The monoisotopic (exact) mass is 259 g/mol. The van der Waals surface area contributed by atoms with Gasteiger partial charge in [0.2, 0.25) is 0 Å². The summed E-state index contributed by atoms with van der Waals surface area (Å²) in [5.41, 5.74) is 8.11. The lowest BCUT2D eigenvalue weighted by Crippen LogP contribution is -2.42. The van der Waals surface area contributed by atoms with E-state index in [1.807, 2.05) is 0 Å². The Labute approximate surface area is 105 Å². The maximum Gasteiger partial charge on any atom is 0.192 e. The number of rotatable bonds is 7. The van der Waals surface area contributed by atoms with Gasteiger partial charge in [0, 0.05) is 11.5 Å². The molecule has 5 nitrogen and oxygen atoms in total. The van der Waals surface area contributed by atoms with Gasteiger partial charge in [0.1, 0.15) is 0 Å². The first-order valence-electron chi connectivity index (χ1n) is 6.03. The van der Waals surface area contributed by atoms with Crippen LogP contribution in [0.1, 0.15) is 33.6 Å². The molecule has 0 aromatic rings. The maximum absolute atomic E-state index is 9.74. The van der Waals surface area contributed by atoms with E-state index in [0.717, 1.165) is 0 Å². The van der Waals surface area contributed by atoms with E-state index in [9.17, 15) is 5.11 Å². The summed E-state index contributed by atoms with van der Waals surface area (Å²) >= 11 is 0. The molecule has 17 heavy (non-hydrogen) atoms. The fraction of sp³-hybridized carbons (Fsp3) is 1.00. The number of aliphatic hydroxyl groups excluding tert-OH is 1. The fourth-order valence-electron chi connectivity index (χ4n) is 1.05. The maximum atomic E-state index is 9.74. The van der Waals surface area contributed by atoms with Crippen LogP contribution in [-0.2, 0) is 4.43 Å². The lowest BCUT2D eigenvalue weighted by Gasteiger charge is -2.36. The van der Waals surface area contributed by atoms with Crippen molar-refractivity contribution >= 4 is 8.32 Å². The Morgan fingerprint density at radius 1 is 1.41 bits per heavy atom. The largest absolute Gasteiger partial charge is 0.414 e. The van der Waals surface area contributed by atoms with Gasteiger partial charge in [-0.1, -0.05) is 25.9 Å². The third-order valence-electron chi connectivity index (χ3n) is 3.30. The van der Waals surface area contributed by atoms with Crippen LogP contribution in [0.3, 0.4) is 0 Å². The Hall–Kier alpha value is -0.553. The molecule has 0 unspecified atom stereocenters. The van der Waals surface area contributed by atoms with Gasteiger partial charge in [-0.15, -0.1) is 0 Å². The molecular formula is C11H25N3O2Si. The smallest absolute Gasteiger partial charge is 0.192 e. The third kappa shape index (κ3) is 6.68. The first-order chi connectivity index (χ1) is 7.70. The van der Waals surface area contributed by atoms with Crippen LogP contribution < -0.4 is 0 Å². The summed E-state index contributed by atoms with van der Waals surface area (Å²) in [7, 11) is -1.76. The molecule has 0 amide bonds. The summed E-state index contributed by atoms with van der Waals surface area (Å²) in [5, 5.41) is 13.3. The quantitative estimate of drug-likeness (QED) is 0.250. The second kappa shape index (κ2) is 7.01. The molecule has 100 valence electrons. The lowest BCUT2D eigenvalue weighted by atomic mass is 10.2. The molecule has 0 radical (unpaired) electrons. The molecule has 0 bridgehead atoms. The Bertz CT molecular complexity index is 270. The topological polar surface area (TPSA) is 78.2 Å². The molecule has 0 aliphatic carbocycles. The van der Waals surface area contributed by atoms with E-state index in [1.165, 1.54) is 0 Å². The van der Waals surface area contributed by atoms with Crippen LogP contribution in [-0.4, -0.2) is 32.7 Å². The number of hydrogen-bond donors (Lipinski definition) is 1. The summed E-state index contributed by atoms with van der Waals surface area (Å²) in [6, 6.07) is 0. The van der Waals surface area contributed by atoms with Crippen molar-refractivity contribution in [3.63, 3.8) is 0 Å². The Morgan fingerprint density at radius 3 is 2.47 bits per heavy atom. The van der Waals surface area contributed by atoms with Gasteiger partial charge in [0.25, 0.3) is 0 Å². The molecule has 0 heterocycles. The van der Waals surface area contributed by atoms with E-state index in [2.05, 4.69) is 43.9 Å². The normalized spacial score (nSPS) is 14.2. The molecule has 0 saturated heterocycles. The number of hydrogen-bond acceptors (Lipinski definition) is 3. The SMILES string of the molecule is CC(C)(C)[Si](C)(C)OC[C@@H](O)CCCN=[N+]=[N-]. The van der Waals surface area contributed by atoms with E-state index in [1.54, 1.807) is 0 Å². The highest BCUT2D eigenvalue weighted by molar-refractivity contribution is 6.74. The Kier molecular flexibility index (Phi) is 6.78. The van der Waals surface area contributed by atoms with Crippen LogP contribution in [0.5, 0.6) is 0 Å². The highest BCUT2D eigenvalue weighted by atomic mass is 28.4. The lowest BCUT2D eigenvalue weighted by molar-refractivity contribution is 0.0917. The predicted octanol–water partition coefficient (Wildman–Crippen LogP) is 3.46. The first-order valence-corrected chi connectivity index (χ1v) is 8.94. The van der Waals surface area contributed by atoms with Gasteiger partial charge in [-0.3, -0.25) is 0 Å². The van der Waals surface area contributed by atoms with Crippen molar-refractivity contribution in [1.82, 2.24) is 0 Å². The molecule has 6 heteroatoms. The van der Waals surface area contributed by atoms with Crippen molar-refractivity contribution in [3.05, 3.63) is 10.4 Å². The minimum Gasteiger partial charge on any atom is -0.414 e. The number of nitrogens with zero attached hydrogens (tertiary/aromatic N) is 3. The summed E-state index contributed by atoms with van der Waals surface area (Å²) < 4.78 is 5.90. The minimum atomic E-state index is -1.76. The van der Waals surface area contributed by atoms with Gasteiger partial charge in [-0.05, 0) is 36.5 Å². The van der Waals surface area contributed by atoms with Crippen molar-refractivity contribution in [2.24, 2.45) is 5.11 Å². The Morgan fingerprint density at radius 2 is 2.00 bits per heavy atom. The molecular weight excluding hydrogens is 234 g/mol. The van der Waals surface area contributed by atoms with E-state index in [0.29, 0.717) is 26.0 Å². The van der Waals surface area contributed by atoms with Crippen LogP contribution >= 0.6 is 0 Å². The van der Waals surface area contributed by atoms with Crippen molar-refractivity contribution in [1.29, 1.82) is 0 Å². The van der Waals surface area contributed by atoms with Gasteiger partial charge < -0.3 is 9.53 Å². The molecule has 0 aliphatic rings. The molecule has 0 aromatic heterocycles. The van der Waals surface area contributed by atoms with Gasteiger partial charge >= 0.3 is 0 Å². The van der Waals surface area contributed by atoms with Crippen molar-refractivity contribution < 1.29 is 9.53 Å². The standard InChI is InChI=1S/C11H25N3O2Si/c1-11(2,3)17(4,5)16-9-10(15)7-6-8-13-14-12/h10,15H,6-9H2,1-5H3/t10-/m0/s1. The van der Waals surface area contributed by atoms with Crippen LogP contribution in [0.2, 0.25) is 18.1 Å². The van der Waals surface area contributed by atoms with Crippen LogP contribution in [0.4, 0.5) is 0 Å². The zero-order chi connectivity index (χ0) is 13.5. The van der Waals surface area contributed by atoms with E-state index in [4.69, 9.17) is 9.96 Å². The first kappa shape index (κ1) is 16.4. The average Bonchev–Trinajstić information content (AvgIpc) is 2.20. The second-order valence-electron chi connectivity index (χ2n) is 5.82. The number of azide groups is 1. The zero-order valence-electron chi connectivity index (χ0n) is 11.6. The molecule has 1 atom stereocenters. The van der Waals surface area contributed by atoms with E-state index < -0.39 is 14.4 Å². The predicted molar refractivity (Wildman–Crippen MR) is 72.4 cm³/mol. The highest BCUT2D eigenvalue weighted by Gasteiger charge is 2.37. The van der Waals surface area contributed by atoms with Crippen LogP contribution in [0.15, 0.2) is 5.11 Å². The summed E-state index contributed by atoms with van der Waals surface area (Å²) in [6.45, 7) is 11.7. The molecule has 0 aromatic carbocycles. The van der Waals surface area contributed by atoms with E-state index >= 15 is 0 Å². The number of aliphatic hydroxyl groups is 1. The molecule has 0 rings (SSSR count). The van der Waals surface area contributed by atoms with E-state index in [-0.39, 0.29) is 5.04 Å². The van der Waals surface area contributed by atoms with Crippen molar-refractivity contribution in [3.8, 4) is 0 Å². The van der Waals surface area contributed by atoms with Crippen LogP contribution in [0, 0.1) is 0 Å². The summed E-state index contributed by atoms with van der Waals surface area (Å²) in [5.74, 6) is 0. The van der Waals surface area contributed by atoms with Crippen molar-refractivity contribution in [2.45, 2.75) is 57.8 Å². The summed E-state index contributed by atoms with van der Waals surface area (Å²) in [6.07, 6.45) is 0.859. The van der Waals surface area contributed by atoms with Gasteiger partial charge in [0.05, 0.1) is 12.7 Å². The Balaban J connectivity index is 3.91. The highest BCUT2D eigenvalue weighted by Crippen LogP contribution is 2.36. The van der Waals surface area contributed by atoms with Crippen LogP contribution in [0.25, 0.3) is 10.4 Å². The molecule has 0 spiro atoms. The van der Waals surface area contributed by atoms with Gasteiger partial charge in [-0.25, -0.2) is 0 Å². The molecule has 0 fully saturated rings. The molecule has 0 saturated carbocycles. The second-order valence-corrected chi connectivity index (χ2v) is 10.6. The molecule has 1 N–H and O–H groups in total. The van der Waals surface area contributed by atoms with Gasteiger partial charge in [-0.2, -0.15) is 0 Å². The fourth-order valence-corrected chi connectivity index (χ4v) is 2.09. The third-order valence-corrected chi connectivity index (χ3v) is 7.80.